The van der Waals surface area contributed by atoms with Gasteiger partial charge in [-0.2, -0.15) is 5.10 Å². The first-order valence-corrected chi connectivity index (χ1v) is 7.39. The fraction of sp³-hybridized carbons (Fsp3) is 0.733. The van der Waals surface area contributed by atoms with Gasteiger partial charge in [-0.25, -0.2) is 0 Å². The number of methoxy groups -OCH3 is 2. The van der Waals surface area contributed by atoms with Crippen molar-refractivity contribution >= 4 is 5.78 Å². The summed E-state index contributed by atoms with van der Waals surface area (Å²) in [4.78, 5) is 12.8. The smallest absolute Gasteiger partial charge is 0.213 e. The van der Waals surface area contributed by atoms with Crippen molar-refractivity contribution in [3.8, 4) is 5.75 Å². The molecule has 5 nitrogen and oxygen atoms in total. The van der Waals surface area contributed by atoms with E-state index in [0.29, 0.717) is 23.9 Å². The fourth-order valence-corrected chi connectivity index (χ4v) is 3.09. The number of carbonyl (C=O) groups excluding carboxylic acids is 1. The molecule has 1 aromatic heterocycles. The van der Waals surface area contributed by atoms with E-state index in [9.17, 15) is 4.79 Å². The van der Waals surface area contributed by atoms with Gasteiger partial charge >= 0.3 is 0 Å². The maximum absolute atomic E-state index is 12.8. The molecule has 1 saturated carbocycles. The molecule has 0 saturated heterocycles. The van der Waals surface area contributed by atoms with Gasteiger partial charge in [0.15, 0.2) is 5.75 Å². The number of ketones is 1. The number of Topliss-reactive ketones (excluding diaryl/α,β-unsaturated/α-hetero) is 1. The Bertz CT molecular complexity index is 428. The number of ether oxygens (including phenoxy) is 2. The minimum atomic E-state index is -0.383. The van der Waals surface area contributed by atoms with Gasteiger partial charge in [0.1, 0.15) is 11.8 Å². The summed E-state index contributed by atoms with van der Waals surface area (Å²) in [5.74, 6) is 0.844. The van der Waals surface area contributed by atoms with E-state index >= 15 is 0 Å². The topological polar surface area (TPSA) is 53.4 Å². The van der Waals surface area contributed by atoms with Crippen LogP contribution in [-0.2, 0) is 11.3 Å². The summed E-state index contributed by atoms with van der Waals surface area (Å²) >= 11 is 0. The van der Waals surface area contributed by atoms with Gasteiger partial charge in [0.05, 0.1) is 13.3 Å². The number of carbonyl (C=O) groups is 1. The molecule has 20 heavy (non-hydrogen) atoms. The van der Waals surface area contributed by atoms with E-state index in [4.69, 9.17) is 9.47 Å². The summed E-state index contributed by atoms with van der Waals surface area (Å²) in [6.45, 7) is 2.61. The first kappa shape index (κ1) is 15.0. The van der Waals surface area contributed by atoms with Crippen LogP contribution in [0, 0.1) is 5.92 Å². The predicted octanol–water partition coefficient (Wildman–Crippen LogP) is 2.69. The molecule has 0 radical (unpaired) electrons. The predicted molar refractivity (Wildman–Crippen MR) is 76.2 cm³/mol. The second-order valence-electron chi connectivity index (χ2n) is 5.30. The molecule has 112 valence electrons. The zero-order chi connectivity index (χ0) is 14.5. The Labute approximate surface area is 120 Å². The number of rotatable bonds is 6. The van der Waals surface area contributed by atoms with Crippen molar-refractivity contribution in [1.29, 1.82) is 0 Å². The Morgan fingerprint density at radius 3 is 2.65 bits per heavy atom. The molecule has 0 N–H and O–H groups in total. The van der Waals surface area contributed by atoms with Crippen molar-refractivity contribution in [3.63, 3.8) is 0 Å². The first-order valence-electron chi connectivity index (χ1n) is 7.39. The molecule has 0 bridgehead atoms. The van der Waals surface area contributed by atoms with Crippen molar-refractivity contribution in [2.45, 2.75) is 51.7 Å². The summed E-state index contributed by atoms with van der Waals surface area (Å²) in [5, 5.41) is 4.20. The molecular formula is C15H24N2O3. The van der Waals surface area contributed by atoms with Gasteiger partial charge in [-0.3, -0.25) is 9.48 Å². The molecule has 1 aromatic rings. The quantitative estimate of drug-likeness (QED) is 0.752. The first-order chi connectivity index (χ1) is 9.72. The lowest BCUT2D eigenvalue weighted by atomic mass is 9.83. The number of aromatic nitrogens is 2. The van der Waals surface area contributed by atoms with E-state index in [0.717, 1.165) is 12.8 Å². The largest absolute Gasteiger partial charge is 0.493 e. The van der Waals surface area contributed by atoms with Gasteiger partial charge in [0.25, 0.3) is 0 Å². The van der Waals surface area contributed by atoms with Crippen LogP contribution in [0.4, 0.5) is 0 Å². The van der Waals surface area contributed by atoms with Crippen molar-refractivity contribution < 1.29 is 14.3 Å². The zero-order valence-corrected chi connectivity index (χ0v) is 12.6. The van der Waals surface area contributed by atoms with Crippen LogP contribution in [0.15, 0.2) is 6.20 Å². The highest BCUT2D eigenvalue weighted by atomic mass is 16.5. The molecule has 5 heteroatoms. The Morgan fingerprint density at radius 1 is 1.40 bits per heavy atom. The maximum atomic E-state index is 12.8. The number of hydrogen-bond acceptors (Lipinski definition) is 4. The van der Waals surface area contributed by atoms with Gasteiger partial charge in [-0.1, -0.05) is 19.3 Å². The van der Waals surface area contributed by atoms with Crippen molar-refractivity contribution in [3.05, 3.63) is 11.9 Å². The third-order valence-corrected chi connectivity index (χ3v) is 4.15. The highest BCUT2D eigenvalue weighted by molar-refractivity contribution is 6.00. The van der Waals surface area contributed by atoms with Crippen LogP contribution in [0.5, 0.6) is 5.75 Å². The average molecular weight is 280 g/mol. The second-order valence-corrected chi connectivity index (χ2v) is 5.30. The summed E-state index contributed by atoms with van der Waals surface area (Å²) in [6, 6.07) is 0. The van der Waals surface area contributed by atoms with E-state index in [1.807, 2.05) is 6.92 Å². The molecular weight excluding hydrogens is 256 g/mol. The third-order valence-electron chi connectivity index (χ3n) is 4.15. The van der Waals surface area contributed by atoms with Gasteiger partial charge in [-0.15, -0.1) is 0 Å². The van der Waals surface area contributed by atoms with Crippen molar-refractivity contribution in [2.24, 2.45) is 5.92 Å². The third kappa shape index (κ3) is 2.87. The number of hydrogen-bond donors (Lipinski definition) is 0. The highest BCUT2D eigenvalue weighted by Gasteiger charge is 2.33. The lowest BCUT2D eigenvalue weighted by Gasteiger charge is -2.28. The van der Waals surface area contributed by atoms with Gasteiger partial charge in [-0.05, 0) is 25.7 Å². The molecule has 1 aliphatic carbocycles. The minimum Gasteiger partial charge on any atom is -0.493 e. The molecule has 1 atom stereocenters. The Balaban J connectivity index is 2.25. The molecule has 0 aliphatic heterocycles. The fourth-order valence-electron chi connectivity index (χ4n) is 3.09. The zero-order valence-electron chi connectivity index (χ0n) is 12.6. The molecule has 0 spiro atoms. The molecule has 0 amide bonds. The van der Waals surface area contributed by atoms with Gasteiger partial charge in [0, 0.05) is 13.7 Å². The van der Waals surface area contributed by atoms with Gasteiger partial charge < -0.3 is 9.47 Å². The van der Waals surface area contributed by atoms with Crippen LogP contribution in [0.2, 0.25) is 0 Å². The second kappa shape index (κ2) is 6.88. The Hall–Kier alpha value is -1.36. The van der Waals surface area contributed by atoms with E-state index in [-0.39, 0.29) is 11.9 Å². The maximum Gasteiger partial charge on any atom is 0.213 e. The van der Waals surface area contributed by atoms with Crippen molar-refractivity contribution in [1.82, 2.24) is 9.78 Å². The molecule has 1 aliphatic rings. The lowest BCUT2D eigenvalue weighted by molar-refractivity contribution is 0.0303. The van der Waals surface area contributed by atoms with Gasteiger partial charge in [0.2, 0.25) is 5.78 Å². The van der Waals surface area contributed by atoms with Crippen molar-refractivity contribution in [2.75, 3.05) is 14.2 Å². The summed E-state index contributed by atoms with van der Waals surface area (Å²) in [7, 11) is 3.19. The molecule has 1 unspecified atom stereocenters. The van der Waals surface area contributed by atoms with E-state index in [2.05, 4.69) is 5.10 Å². The minimum absolute atomic E-state index is 0.00407. The summed E-state index contributed by atoms with van der Waals surface area (Å²) < 4.78 is 12.5. The van der Waals surface area contributed by atoms with Crippen LogP contribution >= 0.6 is 0 Å². The van der Waals surface area contributed by atoms with E-state index in [1.54, 1.807) is 25.1 Å². The highest BCUT2D eigenvalue weighted by Crippen LogP contribution is 2.31. The summed E-state index contributed by atoms with van der Waals surface area (Å²) in [5.41, 5.74) is 0.535. The summed E-state index contributed by atoms with van der Waals surface area (Å²) in [6.07, 6.45) is 6.97. The lowest BCUT2D eigenvalue weighted by Crippen LogP contribution is -2.34. The standard InChI is InChI=1S/C15H24N2O3/c1-4-17-13(12(19-2)10-16-17)14(18)15(20-3)11-8-6-5-7-9-11/h10-11,15H,4-9H2,1-3H3. The molecule has 0 aromatic carbocycles. The molecule has 2 rings (SSSR count). The van der Waals surface area contributed by atoms with Crippen LogP contribution in [-0.4, -0.2) is 35.9 Å². The SMILES string of the molecule is CCn1ncc(OC)c1C(=O)C(OC)C1CCCCC1. The number of aryl methyl sites for hydroxylation is 1. The Morgan fingerprint density at radius 2 is 2.10 bits per heavy atom. The number of nitrogens with zero attached hydrogens (tertiary/aromatic N) is 2. The van der Waals surface area contributed by atoms with Crippen LogP contribution in [0.3, 0.4) is 0 Å². The van der Waals surface area contributed by atoms with E-state index < -0.39 is 0 Å². The van der Waals surface area contributed by atoms with Crippen LogP contribution < -0.4 is 4.74 Å². The average Bonchev–Trinajstić information content (AvgIpc) is 2.92. The van der Waals surface area contributed by atoms with Crippen LogP contribution in [0.1, 0.15) is 49.5 Å². The van der Waals surface area contributed by atoms with E-state index in [1.165, 1.54) is 19.3 Å². The molecule has 1 heterocycles. The normalized spacial score (nSPS) is 17.9. The Kier molecular flexibility index (Phi) is 5.17. The molecule has 1 fully saturated rings. The monoisotopic (exact) mass is 280 g/mol. The van der Waals surface area contributed by atoms with Crippen LogP contribution in [0.25, 0.3) is 0 Å².